The molecule has 0 saturated carbocycles. The molecule has 0 amide bonds. The van der Waals surface area contributed by atoms with Gasteiger partial charge in [0.05, 0.1) is 19.4 Å². The fourth-order valence-electron chi connectivity index (χ4n) is 1.74. The van der Waals surface area contributed by atoms with Crippen molar-refractivity contribution in [2.75, 3.05) is 35.8 Å². The minimum atomic E-state index is -1.24. The monoisotopic (exact) mass is 257 g/mol. The third kappa shape index (κ3) is 2.23. The lowest BCUT2D eigenvalue weighted by molar-refractivity contribution is -0.00961. The van der Waals surface area contributed by atoms with Crippen LogP contribution in [0.25, 0.3) is 0 Å². The van der Waals surface area contributed by atoms with Crippen molar-refractivity contribution in [1.82, 2.24) is 9.97 Å². The van der Waals surface area contributed by atoms with Crippen LogP contribution in [0.15, 0.2) is 4.79 Å². The lowest BCUT2D eigenvalue weighted by Crippen LogP contribution is -2.41. The predicted molar refractivity (Wildman–Crippen MR) is 64.2 cm³/mol. The highest BCUT2D eigenvalue weighted by atomic mass is 16.4. The van der Waals surface area contributed by atoms with Gasteiger partial charge in [-0.2, -0.15) is 4.98 Å². The molecule has 0 aliphatic carbocycles. The molecular formula is C9H15N5O4. The van der Waals surface area contributed by atoms with E-state index in [1.165, 1.54) is 0 Å². The molecule has 1 aliphatic rings. The zero-order chi connectivity index (χ0) is 13.3. The van der Waals surface area contributed by atoms with Crippen LogP contribution in [0.4, 0.5) is 17.5 Å². The number of β-amino-alcohol motifs (C(OH)–C–C–N with tert-alkyl or cyclic N) is 1. The smallest absolute Gasteiger partial charge is 0.277 e. The topological polar surface area (TPSA) is 148 Å². The van der Waals surface area contributed by atoms with Crippen LogP contribution in [0, 0.1) is 0 Å². The largest absolute Gasteiger partial charge is 0.394 e. The average Bonchev–Trinajstić information content (AvgIpc) is 2.71. The molecule has 2 heterocycles. The van der Waals surface area contributed by atoms with E-state index >= 15 is 0 Å². The van der Waals surface area contributed by atoms with Gasteiger partial charge in [0.15, 0.2) is 5.82 Å². The molecule has 2 rings (SSSR count). The van der Waals surface area contributed by atoms with Gasteiger partial charge in [-0.15, -0.1) is 0 Å². The number of aromatic amines is 1. The second-order valence-electron chi connectivity index (χ2n) is 4.02. The number of H-pyrrole nitrogens is 1. The van der Waals surface area contributed by atoms with E-state index in [4.69, 9.17) is 10.8 Å². The summed E-state index contributed by atoms with van der Waals surface area (Å²) in [6.07, 6.45) is -2.39. The number of nitrogens with zero attached hydrogens (tertiary/aromatic N) is 2. The molecule has 0 bridgehead atoms. The van der Waals surface area contributed by atoms with E-state index in [2.05, 4.69) is 15.3 Å². The van der Waals surface area contributed by atoms with Crippen molar-refractivity contribution < 1.29 is 15.3 Å². The van der Waals surface area contributed by atoms with Crippen molar-refractivity contribution in [2.24, 2.45) is 0 Å². The Morgan fingerprint density at radius 2 is 2.17 bits per heavy atom. The van der Waals surface area contributed by atoms with Crippen LogP contribution < -0.4 is 21.5 Å². The molecule has 1 aliphatic heterocycles. The molecule has 2 unspecified atom stereocenters. The number of aliphatic hydroxyl groups is 3. The van der Waals surface area contributed by atoms with E-state index in [0.717, 1.165) is 0 Å². The Labute approximate surface area is 102 Å². The van der Waals surface area contributed by atoms with Crippen LogP contribution >= 0.6 is 0 Å². The molecule has 9 heteroatoms. The summed E-state index contributed by atoms with van der Waals surface area (Å²) in [5.74, 6) is 0.296. The number of anilines is 3. The zero-order valence-corrected chi connectivity index (χ0v) is 9.50. The fourth-order valence-corrected chi connectivity index (χ4v) is 1.74. The SMILES string of the molecule is Nc1nc2c(c(=O)[nH]1)NCN2CC(O)C(O)CO. The van der Waals surface area contributed by atoms with E-state index in [-0.39, 0.29) is 24.8 Å². The van der Waals surface area contributed by atoms with Gasteiger partial charge in [0, 0.05) is 6.54 Å². The lowest BCUT2D eigenvalue weighted by atomic mass is 10.2. The normalized spacial score (nSPS) is 17.2. The van der Waals surface area contributed by atoms with Crippen molar-refractivity contribution in [3.8, 4) is 0 Å². The summed E-state index contributed by atoms with van der Waals surface area (Å²) < 4.78 is 0. The van der Waals surface area contributed by atoms with Gasteiger partial charge in [-0.3, -0.25) is 9.78 Å². The van der Waals surface area contributed by atoms with Crippen LogP contribution in [-0.4, -0.2) is 57.3 Å². The summed E-state index contributed by atoms with van der Waals surface area (Å²) in [4.78, 5) is 19.4. The summed E-state index contributed by atoms with van der Waals surface area (Å²) >= 11 is 0. The first-order valence-corrected chi connectivity index (χ1v) is 5.38. The number of nitrogen functional groups attached to an aromatic ring is 1. The Hall–Kier alpha value is -1.84. The minimum absolute atomic E-state index is 0.0235. The zero-order valence-electron chi connectivity index (χ0n) is 9.50. The van der Waals surface area contributed by atoms with Gasteiger partial charge in [0.1, 0.15) is 11.8 Å². The average molecular weight is 257 g/mol. The van der Waals surface area contributed by atoms with Gasteiger partial charge in [-0.1, -0.05) is 0 Å². The fraction of sp³-hybridized carbons (Fsp3) is 0.556. The minimum Gasteiger partial charge on any atom is -0.394 e. The maximum Gasteiger partial charge on any atom is 0.277 e. The summed E-state index contributed by atoms with van der Waals surface area (Å²) in [6.45, 7) is -0.248. The highest BCUT2D eigenvalue weighted by molar-refractivity contribution is 5.70. The summed E-state index contributed by atoms with van der Waals surface area (Å²) in [6, 6.07) is 0. The van der Waals surface area contributed by atoms with Crippen LogP contribution in [0.1, 0.15) is 0 Å². The third-order valence-corrected chi connectivity index (χ3v) is 2.70. The molecule has 0 saturated heterocycles. The number of rotatable bonds is 4. The van der Waals surface area contributed by atoms with Crippen molar-refractivity contribution in [3.63, 3.8) is 0 Å². The number of hydrogen-bond acceptors (Lipinski definition) is 8. The van der Waals surface area contributed by atoms with Gasteiger partial charge >= 0.3 is 0 Å². The first-order valence-electron chi connectivity index (χ1n) is 5.38. The van der Waals surface area contributed by atoms with Gasteiger partial charge in [-0.05, 0) is 0 Å². The van der Waals surface area contributed by atoms with Crippen molar-refractivity contribution in [1.29, 1.82) is 0 Å². The van der Waals surface area contributed by atoms with E-state index in [9.17, 15) is 15.0 Å². The molecule has 7 N–H and O–H groups in total. The number of aliphatic hydroxyl groups excluding tert-OH is 3. The summed E-state index contributed by atoms with van der Waals surface area (Å²) in [5, 5.41) is 30.4. The Bertz CT molecular complexity index is 490. The first kappa shape index (κ1) is 12.6. The number of fused-ring (bicyclic) bond motifs is 1. The molecule has 0 spiro atoms. The Kier molecular flexibility index (Phi) is 3.36. The van der Waals surface area contributed by atoms with E-state index in [0.29, 0.717) is 5.82 Å². The van der Waals surface area contributed by atoms with Gasteiger partial charge < -0.3 is 31.3 Å². The molecule has 1 aromatic rings. The second kappa shape index (κ2) is 4.80. The molecule has 1 aromatic heterocycles. The molecule has 0 radical (unpaired) electrons. The maximum atomic E-state index is 11.5. The van der Waals surface area contributed by atoms with Gasteiger partial charge in [-0.25, -0.2) is 0 Å². The van der Waals surface area contributed by atoms with Crippen LogP contribution in [0.5, 0.6) is 0 Å². The molecule has 0 aromatic carbocycles. The van der Waals surface area contributed by atoms with Gasteiger partial charge in [0.25, 0.3) is 5.56 Å². The van der Waals surface area contributed by atoms with E-state index < -0.39 is 24.4 Å². The standard InChI is InChI=1S/C9H15N5O4/c10-9-12-7-6(8(18)13-9)11-3-14(7)1-4(16)5(17)2-15/h4-5,11,15-17H,1-3H2,(H3,10,12,13,18). The molecule has 9 nitrogen and oxygen atoms in total. The Morgan fingerprint density at radius 1 is 1.44 bits per heavy atom. The van der Waals surface area contributed by atoms with Crippen molar-refractivity contribution in [3.05, 3.63) is 10.4 Å². The van der Waals surface area contributed by atoms with Crippen LogP contribution in [0.3, 0.4) is 0 Å². The van der Waals surface area contributed by atoms with Crippen molar-refractivity contribution >= 4 is 17.5 Å². The Morgan fingerprint density at radius 3 is 2.83 bits per heavy atom. The lowest BCUT2D eigenvalue weighted by Gasteiger charge is -2.23. The van der Waals surface area contributed by atoms with E-state index in [1.54, 1.807) is 4.90 Å². The molecule has 18 heavy (non-hydrogen) atoms. The van der Waals surface area contributed by atoms with Crippen molar-refractivity contribution in [2.45, 2.75) is 12.2 Å². The predicted octanol–water partition coefficient (Wildman–Crippen LogP) is -2.74. The highest BCUT2D eigenvalue weighted by Crippen LogP contribution is 2.25. The first-order chi connectivity index (χ1) is 8.52. The van der Waals surface area contributed by atoms with E-state index in [1.807, 2.05) is 0 Å². The quantitative estimate of drug-likeness (QED) is 0.340. The maximum absolute atomic E-state index is 11.5. The Balaban J connectivity index is 2.19. The molecule has 2 atom stereocenters. The van der Waals surface area contributed by atoms with Gasteiger partial charge in [0.2, 0.25) is 5.95 Å². The van der Waals surface area contributed by atoms with Crippen LogP contribution in [-0.2, 0) is 0 Å². The summed E-state index contributed by atoms with van der Waals surface area (Å²) in [5.41, 5.74) is 5.32. The molecule has 100 valence electrons. The molecule has 0 fully saturated rings. The summed E-state index contributed by atoms with van der Waals surface area (Å²) in [7, 11) is 0. The number of nitrogens with one attached hydrogen (secondary N) is 2. The number of hydrogen-bond donors (Lipinski definition) is 6. The molecular weight excluding hydrogens is 242 g/mol. The number of nitrogens with two attached hydrogens (primary N) is 1. The third-order valence-electron chi connectivity index (χ3n) is 2.70. The van der Waals surface area contributed by atoms with Crippen LogP contribution in [0.2, 0.25) is 0 Å². The second-order valence-corrected chi connectivity index (χ2v) is 4.02. The highest BCUT2D eigenvalue weighted by Gasteiger charge is 2.27. The number of aromatic nitrogens is 2.